The Bertz CT molecular complexity index is 736. The lowest BCUT2D eigenvalue weighted by Gasteiger charge is -2.07. The predicted molar refractivity (Wildman–Crippen MR) is 70.7 cm³/mol. The molecule has 4 nitrogen and oxygen atoms in total. The molecular weight excluding hydrogens is 286 g/mol. The van der Waals surface area contributed by atoms with Gasteiger partial charge in [0.1, 0.15) is 17.6 Å². The number of para-hydroxylation sites is 1. The van der Waals surface area contributed by atoms with Crippen molar-refractivity contribution < 1.29 is 13.2 Å². The molecular formula is C13H8ClNO3S. The van der Waals surface area contributed by atoms with Crippen LogP contribution >= 0.6 is 10.7 Å². The lowest BCUT2D eigenvalue weighted by Crippen LogP contribution is -1.94. The summed E-state index contributed by atoms with van der Waals surface area (Å²) in [6.45, 7) is 0. The second-order valence-corrected chi connectivity index (χ2v) is 6.19. The first kappa shape index (κ1) is 13.4. The number of nitrogens with zero attached hydrogens (tertiary/aromatic N) is 1. The van der Waals surface area contributed by atoms with E-state index in [0.717, 1.165) is 0 Å². The van der Waals surface area contributed by atoms with Crippen molar-refractivity contribution in [1.82, 2.24) is 0 Å². The molecule has 0 saturated heterocycles. The SMILES string of the molecule is N#Cc1cc(S(=O)(=O)Cl)ccc1Oc1ccccc1. The van der Waals surface area contributed by atoms with Crippen LogP contribution in [0.2, 0.25) is 0 Å². The molecule has 0 aliphatic heterocycles. The van der Waals surface area contributed by atoms with Gasteiger partial charge in [-0.3, -0.25) is 0 Å². The zero-order valence-electron chi connectivity index (χ0n) is 9.58. The van der Waals surface area contributed by atoms with Gasteiger partial charge in [-0.05, 0) is 30.3 Å². The molecule has 0 radical (unpaired) electrons. The van der Waals surface area contributed by atoms with Gasteiger partial charge in [-0.15, -0.1) is 0 Å². The van der Waals surface area contributed by atoms with E-state index in [2.05, 4.69) is 0 Å². The number of hydrogen-bond acceptors (Lipinski definition) is 4. The maximum Gasteiger partial charge on any atom is 0.261 e. The fourth-order valence-corrected chi connectivity index (χ4v) is 2.23. The van der Waals surface area contributed by atoms with Crippen molar-refractivity contribution in [2.45, 2.75) is 4.90 Å². The van der Waals surface area contributed by atoms with Crippen molar-refractivity contribution in [3.05, 3.63) is 54.1 Å². The normalized spacial score (nSPS) is 10.7. The molecule has 0 N–H and O–H groups in total. The smallest absolute Gasteiger partial charge is 0.261 e. The Hall–Kier alpha value is -2.03. The molecule has 0 aromatic heterocycles. The standard InChI is InChI=1S/C13H8ClNO3S/c14-19(16,17)12-6-7-13(10(8-12)9-15)18-11-4-2-1-3-5-11/h1-8H. The Balaban J connectivity index is 2.41. The molecule has 0 aliphatic carbocycles. The average Bonchev–Trinajstić information content (AvgIpc) is 2.39. The van der Waals surface area contributed by atoms with Crippen LogP contribution in [0.3, 0.4) is 0 Å². The van der Waals surface area contributed by atoms with Gasteiger partial charge in [-0.1, -0.05) is 18.2 Å². The van der Waals surface area contributed by atoms with Gasteiger partial charge in [0.25, 0.3) is 9.05 Å². The van der Waals surface area contributed by atoms with E-state index in [1.54, 1.807) is 24.3 Å². The molecule has 0 atom stereocenters. The van der Waals surface area contributed by atoms with Gasteiger partial charge in [0.15, 0.2) is 0 Å². The van der Waals surface area contributed by atoms with E-state index in [4.69, 9.17) is 20.7 Å². The second-order valence-electron chi connectivity index (χ2n) is 3.62. The van der Waals surface area contributed by atoms with Crippen molar-refractivity contribution in [2.24, 2.45) is 0 Å². The third kappa shape index (κ3) is 3.25. The summed E-state index contributed by atoms with van der Waals surface area (Å²) in [5, 5.41) is 9.02. The largest absolute Gasteiger partial charge is 0.456 e. The van der Waals surface area contributed by atoms with E-state index in [-0.39, 0.29) is 16.2 Å². The number of hydrogen-bond donors (Lipinski definition) is 0. The summed E-state index contributed by atoms with van der Waals surface area (Å²) in [4.78, 5) is -0.133. The molecule has 2 rings (SSSR count). The number of nitriles is 1. The molecule has 0 amide bonds. The van der Waals surface area contributed by atoms with E-state index >= 15 is 0 Å². The lowest BCUT2D eigenvalue weighted by molar-refractivity contribution is 0.480. The topological polar surface area (TPSA) is 67.2 Å². The van der Waals surface area contributed by atoms with Crippen molar-refractivity contribution in [3.8, 4) is 17.6 Å². The van der Waals surface area contributed by atoms with E-state index in [9.17, 15) is 8.42 Å². The average molecular weight is 294 g/mol. The summed E-state index contributed by atoms with van der Waals surface area (Å²) in [5.41, 5.74) is 0.102. The van der Waals surface area contributed by atoms with Crippen LogP contribution in [0.1, 0.15) is 5.56 Å². The molecule has 2 aromatic rings. The highest BCUT2D eigenvalue weighted by molar-refractivity contribution is 8.13. The molecule has 19 heavy (non-hydrogen) atoms. The minimum absolute atomic E-state index is 0.102. The first-order chi connectivity index (χ1) is 9.00. The van der Waals surface area contributed by atoms with Crippen LogP contribution < -0.4 is 4.74 Å². The molecule has 0 fully saturated rings. The third-order valence-corrected chi connectivity index (χ3v) is 3.68. The van der Waals surface area contributed by atoms with E-state index in [1.807, 2.05) is 12.1 Å². The molecule has 6 heteroatoms. The zero-order chi connectivity index (χ0) is 13.9. The van der Waals surface area contributed by atoms with Crippen LogP contribution in [0.25, 0.3) is 0 Å². The van der Waals surface area contributed by atoms with Gasteiger partial charge in [-0.2, -0.15) is 5.26 Å². The molecule has 2 aromatic carbocycles. The molecule has 0 heterocycles. The lowest BCUT2D eigenvalue weighted by atomic mass is 10.2. The summed E-state index contributed by atoms with van der Waals surface area (Å²) in [5.74, 6) is 0.832. The first-order valence-electron chi connectivity index (χ1n) is 5.22. The van der Waals surface area contributed by atoms with Crippen molar-refractivity contribution in [1.29, 1.82) is 5.26 Å². The Kier molecular flexibility index (Phi) is 3.74. The third-order valence-electron chi connectivity index (χ3n) is 2.32. The number of halogens is 1. The fraction of sp³-hybridized carbons (Fsp3) is 0. The van der Waals surface area contributed by atoms with Gasteiger partial charge < -0.3 is 4.74 Å². The maximum absolute atomic E-state index is 11.2. The van der Waals surface area contributed by atoms with Crippen LogP contribution in [-0.2, 0) is 9.05 Å². The Morgan fingerprint density at radius 1 is 1.11 bits per heavy atom. The quantitative estimate of drug-likeness (QED) is 0.815. The molecule has 0 saturated carbocycles. The molecule has 0 aliphatic rings. The highest BCUT2D eigenvalue weighted by Gasteiger charge is 2.14. The van der Waals surface area contributed by atoms with Crippen molar-refractivity contribution in [2.75, 3.05) is 0 Å². The number of benzene rings is 2. The monoisotopic (exact) mass is 293 g/mol. The summed E-state index contributed by atoms with van der Waals surface area (Å²) in [6.07, 6.45) is 0. The fourth-order valence-electron chi connectivity index (χ4n) is 1.45. The van der Waals surface area contributed by atoms with Gasteiger partial charge >= 0.3 is 0 Å². The Labute approximate surface area is 115 Å². The van der Waals surface area contributed by atoms with Crippen LogP contribution in [0.5, 0.6) is 11.5 Å². The number of ether oxygens (including phenoxy) is 1. The van der Waals surface area contributed by atoms with Crippen LogP contribution in [0, 0.1) is 11.3 Å². The van der Waals surface area contributed by atoms with Crippen LogP contribution in [0.4, 0.5) is 0 Å². The zero-order valence-corrected chi connectivity index (χ0v) is 11.1. The van der Waals surface area contributed by atoms with Crippen LogP contribution in [-0.4, -0.2) is 8.42 Å². The molecule has 0 spiro atoms. The summed E-state index contributed by atoms with van der Waals surface area (Å²) < 4.78 is 27.9. The van der Waals surface area contributed by atoms with Gasteiger partial charge in [0, 0.05) is 10.7 Å². The highest BCUT2D eigenvalue weighted by atomic mass is 35.7. The van der Waals surface area contributed by atoms with E-state index in [0.29, 0.717) is 5.75 Å². The Morgan fingerprint density at radius 3 is 2.37 bits per heavy atom. The summed E-state index contributed by atoms with van der Waals surface area (Å²) >= 11 is 0. The maximum atomic E-state index is 11.2. The van der Waals surface area contributed by atoms with Crippen LogP contribution in [0.15, 0.2) is 53.4 Å². The minimum atomic E-state index is -3.86. The minimum Gasteiger partial charge on any atom is -0.456 e. The van der Waals surface area contributed by atoms with Crippen molar-refractivity contribution >= 4 is 19.7 Å². The molecule has 96 valence electrons. The van der Waals surface area contributed by atoms with Gasteiger partial charge in [0.2, 0.25) is 0 Å². The summed E-state index contributed by atoms with van der Waals surface area (Å²) in [7, 11) is 1.36. The number of rotatable bonds is 3. The predicted octanol–water partition coefficient (Wildman–Crippen LogP) is 3.28. The second kappa shape index (κ2) is 5.31. The van der Waals surface area contributed by atoms with E-state index in [1.165, 1.54) is 18.2 Å². The molecule has 0 bridgehead atoms. The molecule has 0 unspecified atom stereocenters. The van der Waals surface area contributed by atoms with Crippen molar-refractivity contribution in [3.63, 3.8) is 0 Å². The Morgan fingerprint density at radius 2 is 1.79 bits per heavy atom. The van der Waals surface area contributed by atoms with Gasteiger partial charge in [-0.25, -0.2) is 8.42 Å². The highest BCUT2D eigenvalue weighted by Crippen LogP contribution is 2.28. The first-order valence-corrected chi connectivity index (χ1v) is 7.53. The van der Waals surface area contributed by atoms with Gasteiger partial charge in [0.05, 0.1) is 10.5 Å². The van der Waals surface area contributed by atoms with E-state index < -0.39 is 9.05 Å². The summed E-state index contributed by atoms with van der Waals surface area (Å²) in [6, 6.07) is 14.6.